The second-order valence-electron chi connectivity index (χ2n) is 5.06. The third-order valence-corrected chi connectivity index (χ3v) is 3.52. The van der Waals surface area contributed by atoms with Crippen molar-refractivity contribution in [3.8, 4) is 0 Å². The number of rotatable bonds is 4. The van der Waals surface area contributed by atoms with Gasteiger partial charge in [0.1, 0.15) is 5.82 Å². The van der Waals surface area contributed by atoms with E-state index >= 15 is 0 Å². The zero-order chi connectivity index (χ0) is 13.0. The highest BCUT2D eigenvalue weighted by Crippen LogP contribution is 2.21. The summed E-state index contributed by atoms with van der Waals surface area (Å²) in [5.41, 5.74) is 0.916. The van der Waals surface area contributed by atoms with E-state index in [0.29, 0.717) is 5.92 Å². The molecule has 1 fully saturated rings. The van der Waals surface area contributed by atoms with Crippen LogP contribution < -0.4 is 4.90 Å². The van der Waals surface area contributed by atoms with E-state index in [2.05, 4.69) is 16.9 Å². The fourth-order valence-corrected chi connectivity index (χ4v) is 2.31. The summed E-state index contributed by atoms with van der Waals surface area (Å²) in [6, 6.07) is 3.82. The lowest BCUT2D eigenvalue weighted by Crippen LogP contribution is -2.30. The molecule has 0 saturated carbocycles. The fraction of sp³-hybridized carbons (Fsp3) is 0.643. The van der Waals surface area contributed by atoms with Crippen LogP contribution in [-0.4, -0.2) is 36.9 Å². The number of hydrogen-bond acceptors (Lipinski definition) is 4. The Labute approximate surface area is 109 Å². The zero-order valence-electron chi connectivity index (χ0n) is 11.2. The lowest BCUT2D eigenvalue weighted by atomic mass is 10.00. The summed E-state index contributed by atoms with van der Waals surface area (Å²) in [7, 11) is 2.06. The van der Waals surface area contributed by atoms with Crippen LogP contribution in [0.25, 0.3) is 0 Å². The Morgan fingerprint density at radius 2 is 2.22 bits per heavy atom. The molecule has 1 unspecified atom stereocenters. The van der Waals surface area contributed by atoms with E-state index < -0.39 is 6.10 Å². The standard InChI is InChI=1S/C14H22N2O2/c1-11(17)13-3-6-15-14(9-13)16(2)10-12-4-7-18-8-5-12/h3,6,9,11-12,17H,4-5,7-8,10H2,1-2H3. The Balaban J connectivity index is 1.99. The molecule has 18 heavy (non-hydrogen) atoms. The molecule has 1 aliphatic rings. The van der Waals surface area contributed by atoms with Gasteiger partial charge in [-0.25, -0.2) is 4.98 Å². The summed E-state index contributed by atoms with van der Waals surface area (Å²) in [4.78, 5) is 6.54. The van der Waals surface area contributed by atoms with Crippen LogP contribution in [-0.2, 0) is 4.74 Å². The van der Waals surface area contributed by atoms with Crippen LogP contribution in [0.15, 0.2) is 18.3 Å². The fourth-order valence-electron chi connectivity index (χ4n) is 2.31. The maximum absolute atomic E-state index is 9.59. The number of hydrogen-bond donors (Lipinski definition) is 1. The molecule has 100 valence electrons. The molecule has 0 amide bonds. The van der Waals surface area contributed by atoms with Gasteiger partial charge in [-0.2, -0.15) is 0 Å². The first kappa shape index (κ1) is 13.3. The molecule has 1 atom stereocenters. The number of anilines is 1. The van der Waals surface area contributed by atoms with Crippen LogP contribution >= 0.6 is 0 Å². The molecular weight excluding hydrogens is 228 g/mol. The Morgan fingerprint density at radius 3 is 2.89 bits per heavy atom. The number of aliphatic hydroxyl groups is 1. The van der Waals surface area contributed by atoms with Gasteiger partial charge in [0.2, 0.25) is 0 Å². The molecule has 1 N–H and O–H groups in total. The molecule has 0 radical (unpaired) electrons. The van der Waals surface area contributed by atoms with E-state index in [4.69, 9.17) is 4.74 Å². The van der Waals surface area contributed by atoms with Crippen molar-refractivity contribution in [3.05, 3.63) is 23.9 Å². The third-order valence-electron chi connectivity index (χ3n) is 3.52. The first-order chi connectivity index (χ1) is 8.66. The van der Waals surface area contributed by atoms with Gasteiger partial charge in [-0.3, -0.25) is 0 Å². The maximum atomic E-state index is 9.59. The predicted octanol–water partition coefficient (Wildman–Crippen LogP) is 2.00. The van der Waals surface area contributed by atoms with Crippen molar-refractivity contribution in [2.24, 2.45) is 5.92 Å². The normalized spacial score (nSPS) is 18.6. The van der Waals surface area contributed by atoms with Crippen molar-refractivity contribution in [2.45, 2.75) is 25.9 Å². The van der Waals surface area contributed by atoms with E-state index in [1.807, 2.05) is 12.1 Å². The van der Waals surface area contributed by atoms with Crippen molar-refractivity contribution in [3.63, 3.8) is 0 Å². The van der Waals surface area contributed by atoms with Gasteiger partial charge in [0.25, 0.3) is 0 Å². The minimum absolute atomic E-state index is 0.441. The molecule has 2 rings (SSSR count). The van der Waals surface area contributed by atoms with Crippen LogP contribution in [0.5, 0.6) is 0 Å². The van der Waals surface area contributed by atoms with Gasteiger partial charge >= 0.3 is 0 Å². The van der Waals surface area contributed by atoms with E-state index in [1.165, 1.54) is 0 Å². The second-order valence-corrected chi connectivity index (χ2v) is 5.06. The third kappa shape index (κ3) is 3.43. The van der Waals surface area contributed by atoms with Crippen molar-refractivity contribution < 1.29 is 9.84 Å². The lowest BCUT2D eigenvalue weighted by molar-refractivity contribution is 0.0685. The highest BCUT2D eigenvalue weighted by atomic mass is 16.5. The van der Waals surface area contributed by atoms with E-state index in [9.17, 15) is 5.11 Å². The Hall–Kier alpha value is -1.13. The van der Waals surface area contributed by atoms with Crippen LogP contribution in [0.3, 0.4) is 0 Å². The molecule has 2 heterocycles. The van der Waals surface area contributed by atoms with E-state index in [-0.39, 0.29) is 0 Å². The molecule has 0 aliphatic carbocycles. The minimum Gasteiger partial charge on any atom is -0.389 e. The van der Waals surface area contributed by atoms with Crippen LogP contribution in [0.4, 0.5) is 5.82 Å². The summed E-state index contributed by atoms with van der Waals surface area (Å²) < 4.78 is 5.37. The molecule has 0 spiro atoms. The van der Waals surface area contributed by atoms with Crippen molar-refractivity contribution in [1.29, 1.82) is 0 Å². The van der Waals surface area contributed by atoms with Crippen LogP contribution in [0.2, 0.25) is 0 Å². The quantitative estimate of drug-likeness (QED) is 0.887. The minimum atomic E-state index is -0.441. The first-order valence-corrected chi connectivity index (χ1v) is 6.59. The Kier molecular flexibility index (Phi) is 4.55. The summed E-state index contributed by atoms with van der Waals surface area (Å²) in [5, 5.41) is 9.59. The van der Waals surface area contributed by atoms with Crippen LogP contribution in [0, 0.1) is 5.92 Å². The summed E-state index contributed by atoms with van der Waals surface area (Å²) in [6.07, 6.45) is 3.57. The molecule has 4 nitrogen and oxygen atoms in total. The summed E-state index contributed by atoms with van der Waals surface area (Å²) in [6.45, 7) is 4.52. The Bertz CT molecular complexity index is 376. The average Bonchev–Trinajstić information content (AvgIpc) is 2.40. The molecule has 0 aromatic carbocycles. The highest BCUT2D eigenvalue weighted by Gasteiger charge is 2.16. The van der Waals surface area contributed by atoms with Gasteiger partial charge in [0.05, 0.1) is 6.10 Å². The lowest BCUT2D eigenvalue weighted by Gasteiger charge is -2.28. The van der Waals surface area contributed by atoms with Gasteiger partial charge in [0, 0.05) is 33.0 Å². The largest absolute Gasteiger partial charge is 0.389 e. The smallest absolute Gasteiger partial charge is 0.128 e. The van der Waals surface area contributed by atoms with Crippen LogP contribution in [0.1, 0.15) is 31.4 Å². The molecule has 1 aromatic heterocycles. The van der Waals surface area contributed by atoms with Gasteiger partial charge < -0.3 is 14.7 Å². The van der Waals surface area contributed by atoms with Crippen molar-refractivity contribution in [1.82, 2.24) is 4.98 Å². The van der Waals surface area contributed by atoms with Gasteiger partial charge in [0.15, 0.2) is 0 Å². The van der Waals surface area contributed by atoms with E-state index in [1.54, 1.807) is 13.1 Å². The SMILES string of the molecule is CC(O)c1ccnc(N(C)CC2CCOCC2)c1. The molecule has 4 heteroatoms. The molecule has 0 bridgehead atoms. The summed E-state index contributed by atoms with van der Waals surface area (Å²) >= 11 is 0. The molecule has 1 saturated heterocycles. The number of pyridine rings is 1. The number of nitrogens with zero attached hydrogens (tertiary/aromatic N) is 2. The Morgan fingerprint density at radius 1 is 1.50 bits per heavy atom. The summed E-state index contributed by atoms with van der Waals surface area (Å²) in [5.74, 6) is 1.61. The zero-order valence-corrected chi connectivity index (χ0v) is 11.2. The average molecular weight is 250 g/mol. The first-order valence-electron chi connectivity index (χ1n) is 6.59. The highest BCUT2D eigenvalue weighted by molar-refractivity contribution is 5.40. The maximum Gasteiger partial charge on any atom is 0.128 e. The second kappa shape index (κ2) is 6.16. The molecule has 1 aliphatic heterocycles. The predicted molar refractivity (Wildman–Crippen MR) is 71.7 cm³/mol. The number of aliphatic hydroxyl groups excluding tert-OH is 1. The van der Waals surface area contributed by atoms with Gasteiger partial charge in [-0.15, -0.1) is 0 Å². The number of ether oxygens (including phenoxy) is 1. The monoisotopic (exact) mass is 250 g/mol. The molecular formula is C14H22N2O2. The van der Waals surface area contributed by atoms with E-state index in [0.717, 1.165) is 44.0 Å². The van der Waals surface area contributed by atoms with Gasteiger partial charge in [-0.05, 0) is 43.4 Å². The van der Waals surface area contributed by atoms with Crippen molar-refractivity contribution >= 4 is 5.82 Å². The van der Waals surface area contributed by atoms with Gasteiger partial charge in [-0.1, -0.05) is 0 Å². The topological polar surface area (TPSA) is 45.6 Å². The van der Waals surface area contributed by atoms with Crippen molar-refractivity contribution in [2.75, 3.05) is 31.7 Å². The molecule has 1 aromatic rings. The number of aromatic nitrogens is 1.